The zero-order valence-electron chi connectivity index (χ0n) is 20.5. The van der Waals surface area contributed by atoms with Crippen molar-refractivity contribution < 1.29 is 9.47 Å². The van der Waals surface area contributed by atoms with Gasteiger partial charge in [0.1, 0.15) is 18.1 Å². The second-order valence-corrected chi connectivity index (χ2v) is 10.0. The predicted octanol–water partition coefficient (Wildman–Crippen LogP) is 6.68. The van der Waals surface area contributed by atoms with E-state index in [0.717, 1.165) is 48.9 Å². The van der Waals surface area contributed by atoms with E-state index in [-0.39, 0.29) is 0 Å². The maximum absolute atomic E-state index is 6.20. The fraction of sp³-hybridized carbons (Fsp3) is 0.517. The highest BCUT2D eigenvalue weighted by Crippen LogP contribution is 2.35. The average molecular weight is 434 g/mol. The number of hydrogen-bond acceptors (Lipinski definition) is 3. The van der Waals surface area contributed by atoms with Gasteiger partial charge in [-0.2, -0.15) is 0 Å². The van der Waals surface area contributed by atoms with Crippen LogP contribution >= 0.6 is 0 Å². The highest BCUT2D eigenvalue weighted by atomic mass is 16.5. The number of ether oxygens (including phenoxy) is 2. The van der Waals surface area contributed by atoms with E-state index in [9.17, 15) is 0 Å². The third-order valence-corrected chi connectivity index (χ3v) is 7.18. The molecule has 1 atom stereocenters. The number of allylic oxidation sites excluding steroid dienone is 1. The number of rotatable bonds is 8. The van der Waals surface area contributed by atoms with Gasteiger partial charge in [-0.25, -0.2) is 0 Å². The monoisotopic (exact) mass is 433 g/mol. The quantitative estimate of drug-likeness (QED) is 0.464. The van der Waals surface area contributed by atoms with Crippen LogP contribution in [-0.4, -0.2) is 31.1 Å². The van der Waals surface area contributed by atoms with Gasteiger partial charge in [-0.1, -0.05) is 37.6 Å². The maximum atomic E-state index is 6.20. The van der Waals surface area contributed by atoms with Gasteiger partial charge in [-0.05, 0) is 98.9 Å². The normalized spacial score (nSPS) is 18.9. The smallest absolute Gasteiger partial charge is 0.125 e. The fourth-order valence-electron chi connectivity index (χ4n) is 5.23. The van der Waals surface area contributed by atoms with Crippen molar-refractivity contribution in [3.05, 3.63) is 64.2 Å². The van der Waals surface area contributed by atoms with Gasteiger partial charge in [0.25, 0.3) is 0 Å². The summed E-state index contributed by atoms with van der Waals surface area (Å²) in [6, 6.07) is 13.9. The maximum Gasteiger partial charge on any atom is 0.125 e. The molecule has 0 bridgehead atoms. The topological polar surface area (TPSA) is 21.7 Å². The van der Waals surface area contributed by atoms with Crippen LogP contribution in [0, 0.1) is 5.92 Å². The van der Waals surface area contributed by atoms with Crippen molar-refractivity contribution in [3.63, 3.8) is 0 Å². The van der Waals surface area contributed by atoms with Crippen LogP contribution in [0.4, 0.5) is 0 Å². The molecular formula is C29H39NO2. The molecule has 2 aromatic carbocycles. The first-order chi connectivity index (χ1) is 15.4. The Kier molecular flexibility index (Phi) is 7.25. The number of benzene rings is 2. The lowest BCUT2D eigenvalue weighted by molar-refractivity contribution is 0.289. The van der Waals surface area contributed by atoms with Gasteiger partial charge >= 0.3 is 0 Å². The summed E-state index contributed by atoms with van der Waals surface area (Å²) in [7, 11) is 1.74. The van der Waals surface area contributed by atoms with Gasteiger partial charge in [0, 0.05) is 18.2 Å². The number of nitrogens with zero attached hydrogens (tertiary/aromatic N) is 1. The first-order valence-corrected chi connectivity index (χ1v) is 12.3. The summed E-state index contributed by atoms with van der Waals surface area (Å²) in [6.45, 7) is 12.1. The van der Waals surface area contributed by atoms with E-state index < -0.39 is 0 Å². The molecule has 172 valence electrons. The summed E-state index contributed by atoms with van der Waals surface area (Å²) < 4.78 is 11.8. The Labute approximate surface area is 194 Å². The lowest BCUT2D eigenvalue weighted by Crippen LogP contribution is -2.30. The number of likely N-dealkylation sites (tertiary alicyclic amines) is 1. The lowest BCUT2D eigenvalue weighted by atomic mass is 9.86. The molecule has 0 saturated carbocycles. The molecule has 4 rings (SSSR count). The molecule has 2 aromatic rings. The Balaban J connectivity index is 1.44. The Morgan fingerprint density at radius 3 is 2.66 bits per heavy atom. The van der Waals surface area contributed by atoms with Crippen LogP contribution in [0.2, 0.25) is 0 Å². The van der Waals surface area contributed by atoms with Crippen molar-refractivity contribution in [1.29, 1.82) is 0 Å². The van der Waals surface area contributed by atoms with Crippen molar-refractivity contribution in [2.75, 3.05) is 20.2 Å². The largest absolute Gasteiger partial charge is 0.496 e. The van der Waals surface area contributed by atoms with Gasteiger partial charge in [-0.3, -0.25) is 4.90 Å². The molecule has 0 radical (unpaired) electrons. The summed E-state index contributed by atoms with van der Waals surface area (Å²) in [5.74, 6) is 2.50. The molecule has 0 spiro atoms. The standard InChI is InChI=1S/C29H39NO2/c1-20(2)15-23-8-9-26(29(16-23)31-5)19-32-27-12-13-28-22(4)25(11-10-24(28)17-27)18-30-14-6-7-21(30)3/h8-9,12-13,16-17,20-21H,6-7,10-11,14-15,18-19H2,1-5H3. The van der Waals surface area contributed by atoms with Gasteiger partial charge in [0.2, 0.25) is 0 Å². The van der Waals surface area contributed by atoms with Gasteiger partial charge in [-0.15, -0.1) is 0 Å². The molecular weight excluding hydrogens is 394 g/mol. The molecule has 1 heterocycles. The SMILES string of the molecule is COc1cc(CC(C)C)ccc1COc1ccc2c(c1)CCC(CN1CCCC1C)=C2C. The van der Waals surface area contributed by atoms with Crippen molar-refractivity contribution in [1.82, 2.24) is 4.90 Å². The summed E-state index contributed by atoms with van der Waals surface area (Å²) in [6.07, 6.45) is 6.02. The van der Waals surface area contributed by atoms with Crippen LogP contribution in [0.3, 0.4) is 0 Å². The van der Waals surface area contributed by atoms with Crippen LogP contribution in [0.1, 0.15) is 69.2 Å². The van der Waals surface area contributed by atoms with Crippen LogP contribution in [-0.2, 0) is 19.4 Å². The molecule has 1 aliphatic heterocycles. The van der Waals surface area contributed by atoms with Crippen LogP contribution in [0.15, 0.2) is 42.0 Å². The summed E-state index contributed by atoms with van der Waals surface area (Å²) in [4.78, 5) is 2.65. The minimum atomic E-state index is 0.525. The Bertz CT molecular complexity index is 975. The van der Waals surface area contributed by atoms with Crippen molar-refractivity contribution in [2.24, 2.45) is 5.92 Å². The van der Waals surface area contributed by atoms with E-state index in [2.05, 4.69) is 69.0 Å². The summed E-state index contributed by atoms with van der Waals surface area (Å²) >= 11 is 0. The molecule has 1 aliphatic carbocycles. The molecule has 1 unspecified atom stereocenters. The minimum absolute atomic E-state index is 0.525. The zero-order valence-corrected chi connectivity index (χ0v) is 20.5. The molecule has 0 N–H and O–H groups in total. The predicted molar refractivity (Wildman–Crippen MR) is 133 cm³/mol. The molecule has 3 nitrogen and oxygen atoms in total. The highest BCUT2D eigenvalue weighted by molar-refractivity contribution is 5.72. The second kappa shape index (κ2) is 10.1. The number of hydrogen-bond donors (Lipinski definition) is 0. The molecule has 3 heteroatoms. The van der Waals surface area contributed by atoms with Crippen molar-refractivity contribution in [2.45, 2.75) is 72.4 Å². The first-order valence-electron chi connectivity index (χ1n) is 12.3. The van der Waals surface area contributed by atoms with Crippen molar-refractivity contribution in [3.8, 4) is 11.5 Å². The molecule has 1 saturated heterocycles. The van der Waals surface area contributed by atoms with E-state index >= 15 is 0 Å². The summed E-state index contributed by atoms with van der Waals surface area (Å²) in [5, 5.41) is 0. The Hall–Kier alpha value is -2.26. The summed E-state index contributed by atoms with van der Waals surface area (Å²) in [5.41, 5.74) is 8.32. The number of fused-ring (bicyclic) bond motifs is 1. The van der Waals surface area contributed by atoms with E-state index in [1.807, 2.05) is 0 Å². The second-order valence-electron chi connectivity index (χ2n) is 10.0. The van der Waals surface area contributed by atoms with E-state index in [4.69, 9.17) is 9.47 Å². The highest BCUT2D eigenvalue weighted by Gasteiger charge is 2.24. The fourth-order valence-corrected chi connectivity index (χ4v) is 5.23. The molecule has 0 aromatic heterocycles. The van der Waals surface area contributed by atoms with Crippen LogP contribution in [0.25, 0.3) is 5.57 Å². The Morgan fingerprint density at radius 1 is 1.09 bits per heavy atom. The minimum Gasteiger partial charge on any atom is -0.496 e. The third-order valence-electron chi connectivity index (χ3n) is 7.18. The molecule has 32 heavy (non-hydrogen) atoms. The van der Waals surface area contributed by atoms with Gasteiger partial charge in [0.15, 0.2) is 0 Å². The molecule has 1 fully saturated rings. The first kappa shape index (κ1) is 22.9. The van der Waals surface area contributed by atoms with Crippen molar-refractivity contribution >= 4 is 5.57 Å². The zero-order chi connectivity index (χ0) is 22.7. The average Bonchev–Trinajstić information content (AvgIpc) is 3.18. The van der Waals surface area contributed by atoms with E-state index in [0.29, 0.717) is 12.5 Å². The lowest BCUT2D eigenvalue weighted by Gasteiger charge is -2.28. The van der Waals surface area contributed by atoms with E-state index in [1.165, 1.54) is 41.6 Å². The molecule has 0 amide bonds. The van der Waals surface area contributed by atoms with Gasteiger partial charge in [0.05, 0.1) is 7.11 Å². The number of methoxy groups -OCH3 is 1. The number of aryl methyl sites for hydroxylation is 1. The molecule has 2 aliphatic rings. The van der Waals surface area contributed by atoms with E-state index in [1.54, 1.807) is 12.7 Å². The Morgan fingerprint density at radius 2 is 1.94 bits per heavy atom. The third kappa shape index (κ3) is 5.20. The van der Waals surface area contributed by atoms with Gasteiger partial charge < -0.3 is 9.47 Å². The van der Waals surface area contributed by atoms with Crippen LogP contribution in [0.5, 0.6) is 11.5 Å². The van der Waals surface area contributed by atoms with Crippen LogP contribution < -0.4 is 9.47 Å².